The number of carbonyl (C=O) groups is 1. The minimum absolute atomic E-state index is 0.276. The summed E-state index contributed by atoms with van der Waals surface area (Å²) in [7, 11) is 0. The molecule has 1 heterocycles. The number of hydrogen-bond acceptors (Lipinski definition) is 3. The summed E-state index contributed by atoms with van der Waals surface area (Å²) in [5.74, 6) is -0.276. The van der Waals surface area contributed by atoms with E-state index < -0.39 is 0 Å². The molecule has 1 amide bonds. The van der Waals surface area contributed by atoms with Gasteiger partial charge in [-0.15, -0.1) is 0 Å². The van der Waals surface area contributed by atoms with E-state index in [4.69, 9.17) is 5.73 Å². The van der Waals surface area contributed by atoms with Gasteiger partial charge in [0.15, 0.2) is 0 Å². The zero-order chi connectivity index (χ0) is 12.8. The van der Waals surface area contributed by atoms with Gasteiger partial charge in [0.2, 0.25) is 5.91 Å². The second-order valence-electron chi connectivity index (χ2n) is 4.88. The molecule has 0 unspecified atom stereocenters. The molecule has 0 radical (unpaired) electrons. The average molecular weight is 247 g/mol. The van der Waals surface area contributed by atoms with Gasteiger partial charge >= 0.3 is 0 Å². The van der Waals surface area contributed by atoms with Crippen LogP contribution in [0, 0.1) is 0 Å². The molecule has 98 valence electrons. The number of benzene rings is 1. The van der Waals surface area contributed by atoms with Gasteiger partial charge in [-0.3, -0.25) is 9.69 Å². The standard InChI is InChI=1S/C14H21N3O/c15-14(18)10-16-13-6-8-17(9-7-13)11-12-4-2-1-3-5-12/h1-5,13,16H,6-11H2,(H2,15,18). The van der Waals surface area contributed by atoms with Crippen molar-refractivity contribution in [1.29, 1.82) is 0 Å². The predicted molar refractivity (Wildman–Crippen MR) is 71.9 cm³/mol. The molecule has 0 bridgehead atoms. The van der Waals surface area contributed by atoms with Crippen LogP contribution < -0.4 is 11.1 Å². The summed E-state index contributed by atoms with van der Waals surface area (Å²) in [6, 6.07) is 11.0. The zero-order valence-electron chi connectivity index (χ0n) is 10.6. The summed E-state index contributed by atoms with van der Waals surface area (Å²) in [5, 5.41) is 3.20. The van der Waals surface area contributed by atoms with Crippen LogP contribution in [0.4, 0.5) is 0 Å². The van der Waals surface area contributed by atoms with Gasteiger partial charge in [-0.25, -0.2) is 0 Å². The third-order valence-electron chi connectivity index (χ3n) is 3.40. The Hall–Kier alpha value is -1.39. The largest absolute Gasteiger partial charge is 0.369 e. The lowest BCUT2D eigenvalue weighted by atomic mass is 10.0. The fourth-order valence-electron chi connectivity index (χ4n) is 2.38. The minimum Gasteiger partial charge on any atom is -0.369 e. The van der Waals surface area contributed by atoms with Crippen LogP contribution >= 0.6 is 0 Å². The smallest absolute Gasteiger partial charge is 0.231 e. The first kappa shape index (κ1) is 13.1. The van der Waals surface area contributed by atoms with Crippen molar-refractivity contribution in [3.63, 3.8) is 0 Å². The number of nitrogens with zero attached hydrogens (tertiary/aromatic N) is 1. The minimum atomic E-state index is -0.276. The fraction of sp³-hybridized carbons (Fsp3) is 0.500. The number of likely N-dealkylation sites (tertiary alicyclic amines) is 1. The van der Waals surface area contributed by atoms with Crippen LogP contribution in [-0.4, -0.2) is 36.5 Å². The van der Waals surface area contributed by atoms with E-state index in [1.807, 2.05) is 6.07 Å². The first-order chi connectivity index (χ1) is 8.74. The summed E-state index contributed by atoms with van der Waals surface area (Å²) < 4.78 is 0. The Morgan fingerprint density at radius 2 is 1.94 bits per heavy atom. The van der Waals surface area contributed by atoms with E-state index in [-0.39, 0.29) is 5.91 Å². The summed E-state index contributed by atoms with van der Waals surface area (Å²) in [5.41, 5.74) is 6.49. The highest BCUT2D eigenvalue weighted by Gasteiger charge is 2.18. The van der Waals surface area contributed by atoms with Crippen molar-refractivity contribution < 1.29 is 4.79 Å². The Bertz CT molecular complexity index is 372. The molecular formula is C14H21N3O. The molecular weight excluding hydrogens is 226 g/mol. The number of amides is 1. The van der Waals surface area contributed by atoms with E-state index >= 15 is 0 Å². The quantitative estimate of drug-likeness (QED) is 0.806. The van der Waals surface area contributed by atoms with Crippen LogP contribution in [0.2, 0.25) is 0 Å². The van der Waals surface area contributed by atoms with Crippen molar-refractivity contribution in [2.75, 3.05) is 19.6 Å². The Morgan fingerprint density at radius 1 is 1.28 bits per heavy atom. The summed E-state index contributed by atoms with van der Waals surface area (Å²) in [6.07, 6.45) is 2.17. The second-order valence-corrected chi connectivity index (χ2v) is 4.88. The van der Waals surface area contributed by atoms with Crippen LogP contribution in [0.25, 0.3) is 0 Å². The fourth-order valence-corrected chi connectivity index (χ4v) is 2.38. The molecule has 1 fully saturated rings. The summed E-state index contributed by atoms with van der Waals surface area (Å²) >= 11 is 0. The van der Waals surface area contributed by atoms with Gasteiger partial charge in [0.25, 0.3) is 0 Å². The van der Waals surface area contributed by atoms with E-state index in [9.17, 15) is 4.79 Å². The molecule has 4 heteroatoms. The average Bonchev–Trinajstić information content (AvgIpc) is 2.39. The van der Waals surface area contributed by atoms with Crippen LogP contribution in [0.15, 0.2) is 30.3 Å². The van der Waals surface area contributed by atoms with Gasteiger partial charge in [0.1, 0.15) is 0 Å². The molecule has 3 N–H and O–H groups in total. The Balaban J connectivity index is 1.72. The Morgan fingerprint density at radius 3 is 2.56 bits per heavy atom. The number of hydrogen-bond donors (Lipinski definition) is 2. The van der Waals surface area contributed by atoms with Crippen molar-refractivity contribution in [2.45, 2.75) is 25.4 Å². The van der Waals surface area contributed by atoms with Crippen molar-refractivity contribution in [1.82, 2.24) is 10.2 Å². The molecule has 18 heavy (non-hydrogen) atoms. The third-order valence-corrected chi connectivity index (χ3v) is 3.40. The molecule has 1 aliphatic rings. The number of nitrogens with one attached hydrogen (secondary N) is 1. The van der Waals surface area contributed by atoms with Crippen LogP contribution in [0.3, 0.4) is 0 Å². The van der Waals surface area contributed by atoms with Crippen molar-refractivity contribution in [3.05, 3.63) is 35.9 Å². The highest BCUT2D eigenvalue weighted by molar-refractivity contribution is 5.75. The molecule has 1 aromatic carbocycles. The molecule has 1 aromatic rings. The van der Waals surface area contributed by atoms with Crippen LogP contribution in [-0.2, 0) is 11.3 Å². The van der Waals surface area contributed by atoms with E-state index in [0.29, 0.717) is 12.6 Å². The second kappa shape index (κ2) is 6.52. The number of carbonyl (C=O) groups excluding carboxylic acids is 1. The lowest BCUT2D eigenvalue weighted by molar-refractivity contribution is -0.117. The van der Waals surface area contributed by atoms with Crippen molar-refractivity contribution in [2.24, 2.45) is 5.73 Å². The molecule has 0 aliphatic carbocycles. The monoisotopic (exact) mass is 247 g/mol. The number of primary amides is 1. The Labute approximate surface area is 108 Å². The van der Waals surface area contributed by atoms with E-state index in [1.54, 1.807) is 0 Å². The lowest BCUT2D eigenvalue weighted by Gasteiger charge is -2.32. The number of nitrogens with two attached hydrogens (primary N) is 1. The molecule has 1 saturated heterocycles. The van der Waals surface area contributed by atoms with Gasteiger partial charge in [0.05, 0.1) is 6.54 Å². The lowest BCUT2D eigenvalue weighted by Crippen LogP contribution is -2.44. The van der Waals surface area contributed by atoms with Gasteiger partial charge in [-0.05, 0) is 31.5 Å². The topological polar surface area (TPSA) is 58.4 Å². The van der Waals surface area contributed by atoms with Crippen LogP contribution in [0.1, 0.15) is 18.4 Å². The van der Waals surface area contributed by atoms with E-state index in [0.717, 1.165) is 32.5 Å². The maximum absolute atomic E-state index is 10.7. The first-order valence-electron chi connectivity index (χ1n) is 6.52. The third kappa shape index (κ3) is 4.13. The van der Waals surface area contributed by atoms with Crippen LogP contribution in [0.5, 0.6) is 0 Å². The predicted octanol–water partition coefficient (Wildman–Crippen LogP) is 0.726. The van der Waals surface area contributed by atoms with Gasteiger partial charge in [-0.1, -0.05) is 30.3 Å². The zero-order valence-corrected chi connectivity index (χ0v) is 10.6. The number of rotatable bonds is 5. The summed E-state index contributed by atoms with van der Waals surface area (Å²) in [4.78, 5) is 13.2. The van der Waals surface area contributed by atoms with Gasteiger partial charge < -0.3 is 11.1 Å². The maximum atomic E-state index is 10.7. The normalized spacial score (nSPS) is 17.8. The highest BCUT2D eigenvalue weighted by atomic mass is 16.1. The van der Waals surface area contributed by atoms with Gasteiger partial charge in [-0.2, -0.15) is 0 Å². The molecule has 0 atom stereocenters. The molecule has 0 saturated carbocycles. The van der Waals surface area contributed by atoms with Crippen molar-refractivity contribution in [3.8, 4) is 0 Å². The van der Waals surface area contributed by atoms with E-state index in [1.165, 1.54) is 5.56 Å². The van der Waals surface area contributed by atoms with Gasteiger partial charge in [0, 0.05) is 12.6 Å². The molecule has 0 spiro atoms. The van der Waals surface area contributed by atoms with Crippen molar-refractivity contribution >= 4 is 5.91 Å². The molecule has 1 aliphatic heterocycles. The molecule has 2 rings (SSSR count). The van der Waals surface area contributed by atoms with E-state index in [2.05, 4.69) is 34.5 Å². The number of piperidine rings is 1. The molecule has 4 nitrogen and oxygen atoms in total. The SMILES string of the molecule is NC(=O)CNC1CCN(Cc2ccccc2)CC1. The Kier molecular flexibility index (Phi) is 4.73. The highest BCUT2D eigenvalue weighted by Crippen LogP contribution is 2.13. The maximum Gasteiger partial charge on any atom is 0.231 e. The first-order valence-corrected chi connectivity index (χ1v) is 6.52. The molecule has 0 aromatic heterocycles. The summed E-state index contributed by atoms with van der Waals surface area (Å²) in [6.45, 7) is 3.46.